The van der Waals surface area contributed by atoms with Gasteiger partial charge in [-0.1, -0.05) is 44.2 Å². The fourth-order valence-electron chi connectivity index (χ4n) is 2.20. The van der Waals surface area contributed by atoms with Crippen LogP contribution in [0.1, 0.15) is 43.5 Å². The van der Waals surface area contributed by atoms with Crippen LogP contribution in [-0.2, 0) is 14.4 Å². The summed E-state index contributed by atoms with van der Waals surface area (Å²) in [5.41, 5.74) is 0.533. The molecule has 2 amide bonds. The second-order valence-corrected chi connectivity index (χ2v) is 6.15. The molecule has 0 fully saturated rings. The van der Waals surface area contributed by atoms with Crippen molar-refractivity contribution in [2.75, 3.05) is 6.54 Å². The van der Waals surface area contributed by atoms with Crippen molar-refractivity contribution >= 4 is 23.6 Å². The van der Waals surface area contributed by atoms with Gasteiger partial charge in [0.15, 0.2) is 5.78 Å². The molecule has 0 aliphatic rings. The number of carbonyl (C=O) groups excluding carboxylic acids is 3. The highest BCUT2D eigenvalue weighted by Crippen LogP contribution is 2.06. The maximum absolute atomic E-state index is 11.9. The van der Waals surface area contributed by atoms with Gasteiger partial charge in [-0.25, -0.2) is 4.79 Å². The number of ketones is 1. The first-order valence-corrected chi connectivity index (χ1v) is 8.16. The van der Waals surface area contributed by atoms with E-state index in [-0.39, 0.29) is 31.1 Å². The molecule has 0 aliphatic carbocycles. The van der Waals surface area contributed by atoms with E-state index in [2.05, 4.69) is 10.6 Å². The van der Waals surface area contributed by atoms with Gasteiger partial charge < -0.3 is 15.7 Å². The maximum atomic E-state index is 11.9. The van der Waals surface area contributed by atoms with E-state index in [1.54, 1.807) is 30.3 Å². The van der Waals surface area contributed by atoms with E-state index in [1.807, 2.05) is 13.8 Å². The zero-order chi connectivity index (χ0) is 18.8. The van der Waals surface area contributed by atoms with Crippen molar-refractivity contribution in [1.82, 2.24) is 10.6 Å². The lowest BCUT2D eigenvalue weighted by atomic mass is 10.0. The Bertz CT molecular complexity index is 613. The van der Waals surface area contributed by atoms with Gasteiger partial charge in [-0.15, -0.1) is 0 Å². The summed E-state index contributed by atoms with van der Waals surface area (Å²) in [6, 6.07) is 7.65. The average molecular weight is 348 g/mol. The Morgan fingerprint density at radius 3 is 2.20 bits per heavy atom. The third kappa shape index (κ3) is 8.10. The van der Waals surface area contributed by atoms with Crippen molar-refractivity contribution in [3.63, 3.8) is 0 Å². The SMILES string of the molecule is CC(C)C[C@H](NC(=O)CNC(=O)CCC(=O)c1ccccc1)C(=O)O. The normalized spacial score (nSPS) is 11.6. The molecule has 7 nitrogen and oxygen atoms in total. The summed E-state index contributed by atoms with van der Waals surface area (Å²) >= 11 is 0. The summed E-state index contributed by atoms with van der Waals surface area (Å²) in [5, 5.41) is 13.8. The van der Waals surface area contributed by atoms with Gasteiger partial charge in [0.25, 0.3) is 0 Å². The van der Waals surface area contributed by atoms with Gasteiger partial charge in [0.2, 0.25) is 11.8 Å². The second kappa shape index (κ2) is 10.2. The molecule has 1 atom stereocenters. The van der Waals surface area contributed by atoms with Crippen molar-refractivity contribution in [2.24, 2.45) is 5.92 Å². The Morgan fingerprint density at radius 2 is 1.64 bits per heavy atom. The van der Waals surface area contributed by atoms with E-state index in [9.17, 15) is 19.2 Å². The molecule has 0 aliphatic heterocycles. The predicted octanol–water partition coefficient (Wildman–Crippen LogP) is 1.38. The van der Waals surface area contributed by atoms with E-state index in [0.29, 0.717) is 12.0 Å². The second-order valence-electron chi connectivity index (χ2n) is 6.15. The smallest absolute Gasteiger partial charge is 0.326 e. The van der Waals surface area contributed by atoms with Crippen LogP contribution in [-0.4, -0.2) is 41.3 Å². The zero-order valence-corrected chi connectivity index (χ0v) is 14.5. The lowest BCUT2D eigenvalue weighted by Gasteiger charge is -2.16. The number of carboxylic acid groups (broad SMARTS) is 1. The first-order chi connectivity index (χ1) is 11.8. The van der Waals surface area contributed by atoms with E-state index in [0.717, 1.165) is 0 Å². The van der Waals surface area contributed by atoms with Crippen molar-refractivity contribution in [3.05, 3.63) is 35.9 Å². The maximum Gasteiger partial charge on any atom is 0.326 e. The van der Waals surface area contributed by atoms with Crippen LogP contribution >= 0.6 is 0 Å². The fraction of sp³-hybridized carbons (Fsp3) is 0.444. The summed E-state index contributed by atoms with van der Waals surface area (Å²) in [6.45, 7) is 3.39. The van der Waals surface area contributed by atoms with Gasteiger partial charge in [-0.05, 0) is 12.3 Å². The molecule has 0 unspecified atom stereocenters. The molecule has 1 aromatic rings. The van der Waals surface area contributed by atoms with Crippen molar-refractivity contribution in [3.8, 4) is 0 Å². The van der Waals surface area contributed by atoms with Crippen LogP contribution in [0.3, 0.4) is 0 Å². The van der Waals surface area contributed by atoms with Crippen LogP contribution in [0.25, 0.3) is 0 Å². The number of carbonyl (C=O) groups is 4. The first kappa shape index (κ1) is 20.3. The number of carboxylic acids is 1. The van der Waals surface area contributed by atoms with Crippen molar-refractivity contribution < 1.29 is 24.3 Å². The van der Waals surface area contributed by atoms with Gasteiger partial charge in [-0.2, -0.15) is 0 Å². The molecule has 3 N–H and O–H groups in total. The van der Waals surface area contributed by atoms with Crippen LogP contribution in [0.15, 0.2) is 30.3 Å². The van der Waals surface area contributed by atoms with Crippen molar-refractivity contribution in [2.45, 2.75) is 39.2 Å². The van der Waals surface area contributed by atoms with E-state index in [1.165, 1.54) is 0 Å². The summed E-state index contributed by atoms with van der Waals surface area (Å²) in [6.07, 6.45) is 0.318. The molecular formula is C18H24N2O5. The van der Waals surface area contributed by atoms with Gasteiger partial charge in [0.1, 0.15) is 6.04 Å². The third-order valence-corrected chi connectivity index (χ3v) is 3.46. The third-order valence-electron chi connectivity index (χ3n) is 3.46. The first-order valence-electron chi connectivity index (χ1n) is 8.16. The fourth-order valence-corrected chi connectivity index (χ4v) is 2.20. The average Bonchev–Trinajstić information content (AvgIpc) is 2.57. The number of nitrogens with one attached hydrogen (secondary N) is 2. The van der Waals surface area contributed by atoms with Crippen LogP contribution in [0.2, 0.25) is 0 Å². The molecule has 1 aromatic carbocycles. The minimum atomic E-state index is -1.11. The molecule has 0 heterocycles. The number of benzene rings is 1. The molecule has 7 heteroatoms. The molecule has 0 bridgehead atoms. The Labute approximate surface area is 146 Å². The predicted molar refractivity (Wildman–Crippen MR) is 92.0 cm³/mol. The number of amides is 2. The lowest BCUT2D eigenvalue weighted by Crippen LogP contribution is -2.46. The Hall–Kier alpha value is -2.70. The van der Waals surface area contributed by atoms with Crippen LogP contribution in [0.4, 0.5) is 0 Å². The Morgan fingerprint density at radius 1 is 1.00 bits per heavy atom. The summed E-state index contributed by atoms with van der Waals surface area (Å²) in [7, 11) is 0. The standard InChI is InChI=1S/C18H24N2O5/c1-12(2)10-14(18(24)25)20-17(23)11-19-16(22)9-8-15(21)13-6-4-3-5-7-13/h3-7,12,14H,8-11H2,1-2H3,(H,19,22)(H,20,23)(H,24,25)/t14-/m0/s1. The highest BCUT2D eigenvalue weighted by Gasteiger charge is 2.21. The number of Topliss-reactive ketones (excluding diaryl/α,β-unsaturated/α-hetero) is 1. The summed E-state index contributed by atoms with van der Waals surface area (Å²) in [4.78, 5) is 46.4. The Kier molecular flexibility index (Phi) is 8.32. The molecule has 0 radical (unpaired) electrons. The minimum Gasteiger partial charge on any atom is -0.480 e. The summed E-state index contributed by atoms with van der Waals surface area (Å²) in [5.74, 6) is -2.16. The van der Waals surface area contributed by atoms with Gasteiger partial charge in [-0.3, -0.25) is 14.4 Å². The summed E-state index contributed by atoms with van der Waals surface area (Å²) < 4.78 is 0. The monoisotopic (exact) mass is 348 g/mol. The number of rotatable bonds is 10. The van der Waals surface area contributed by atoms with Crippen LogP contribution in [0, 0.1) is 5.92 Å². The zero-order valence-electron chi connectivity index (χ0n) is 14.5. The quantitative estimate of drug-likeness (QED) is 0.553. The Balaban J connectivity index is 2.34. The number of aliphatic carboxylic acids is 1. The molecule has 0 saturated carbocycles. The molecule has 0 spiro atoms. The molecule has 0 saturated heterocycles. The van der Waals surface area contributed by atoms with Crippen molar-refractivity contribution in [1.29, 1.82) is 0 Å². The highest BCUT2D eigenvalue weighted by molar-refractivity contribution is 5.98. The topological polar surface area (TPSA) is 113 Å². The molecule has 25 heavy (non-hydrogen) atoms. The number of hydrogen-bond donors (Lipinski definition) is 3. The molecule has 1 rings (SSSR count). The van der Waals surface area contributed by atoms with Gasteiger partial charge in [0, 0.05) is 18.4 Å². The van der Waals surface area contributed by atoms with Gasteiger partial charge >= 0.3 is 5.97 Å². The molecule has 136 valence electrons. The van der Waals surface area contributed by atoms with Crippen LogP contribution in [0.5, 0.6) is 0 Å². The van der Waals surface area contributed by atoms with E-state index in [4.69, 9.17) is 5.11 Å². The lowest BCUT2D eigenvalue weighted by molar-refractivity contribution is -0.142. The van der Waals surface area contributed by atoms with E-state index < -0.39 is 23.8 Å². The molecular weight excluding hydrogens is 324 g/mol. The molecule has 0 aromatic heterocycles. The largest absolute Gasteiger partial charge is 0.480 e. The highest BCUT2D eigenvalue weighted by atomic mass is 16.4. The van der Waals surface area contributed by atoms with Crippen LogP contribution < -0.4 is 10.6 Å². The minimum absolute atomic E-state index is 0.0324. The van der Waals surface area contributed by atoms with Gasteiger partial charge in [0.05, 0.1) is 6.54 Å². The number of hydrogen-bond acceptors (Lipinski definition) is 4. The van der Waals surface area contributed by atoms with E-state index >= 15 is 0 Å².